The van der Waals surface area contributed by atoms with Crippen molar-refractivity contribution in [3.05, 3.63) is 65.2 Å². The average Bonchev–Trinajstić information content (AvgIpc) is 3.47. The summed E-state index contributed by atoms with van der Waals surface area (Å²) in [6, 6.07) is 8.83. The molecule has 1 N–H and O–H groups in total. The molecule has 0 spiro atoms. The monoisotopic (exact) mass is 527 g/mol. The van der Waals surface area contributed by atoms with E-state index < -0.39 is 8.67 Å². The quantitative estimate of drug-likeness (QED) is 0.416. The summed E-state index contributed by atoms with van der Waals surface area (Å²) in [5.74, 6) is -0.0564. The highest BCUT2D eigenvalue weighted by atomic mass is 35.5. The first kappa shape index (κ1) is 22.7. The van der Waals surface area contributed by atoms with E-state index in [0.717, 1.165) is 35.3 Å². The van der Waals surface area contributed by atoms with E-state index in [1.165, 1.54) is 17.8 Å². The van der Waals surface area contributed by atoms with Crippen molar-refractivity contribution in [3.8, 4) is 0 Å². The lowest BCUT2D eigenvalue weighted by Gasteiger charge is -2.37. The molecule has 5 rings (SSSR count). The van der Waals surface area contributed by atoms with Crippen LogP contribution in [0.5, 0.6) is 0 Å². The lowest BCUT2D eigenvalue weighted by Crippen LogP contribution is -2.46. The average molecular weight is 529 g/mol. The largest absolute Gasteiger partial charge is 0.351 e. The van der Waals surface area contributed by atoms with E-state index in [2.05, 4.69) is 28.1 Å². The van der Waals surface area contributed by atoms with E-state index >= 15 is 0 Å². The molecule has 1 aliphatic carbocycles. The molecular formula is C23H21Cl4N3OS. The van der Waals surface area contributed by atoms with Crippen LogP contribution in [-0.2, 0) is 11.8 Å². The number of amides is 1. The summed E-state index contributed by atoms with van der Waals surface area (Å²) in [5.41, 5.74) is 1.61. The summed E-state index contributed by atoms with van der Waals surface area (Å²) < 4.78 is -1.14. The van der Waals surface area contributed by atoms with Gasteiger partial charge >= 0.3 is 0 Å². The fourth-order valence-electron chi connectivity index (χ4n) is 4.51. The van der Waals surface area contributed by atoms with Crippen molar-refractivity contribution in [1.82, 2.24) is 14.8 Å². The standard InChI is InChI=1S/C23H21Cl4N3OS/c1-29-9-8-14-10-18(4-5-19(14)29)32-20-6-2-15(22(24,25)23(20,26)27)3-7-21(31)30-13-16-11-17(30)12-28-16/h2-10,16-17,28H,11-13H2,1H3/t16-,17-/m0/s1. The molecule has 9 heteroatoms. The molecule has 2 aliphatic heterocycles. The van der Waals surface area contributed by atoms with Gasteiger partial charge in [-0.3, -0.25) is 4.79 Å². The number of hydrogen-bond donors (Lipinski definition) is 1. The van der Waals surface area contributed by atoms with Crippen molar-refractivity contribution < 1.29 is 4.79 Å². The molecule has 0 saturated carbocycles. The molecule has 3 heterocycles. The van der Waals surface area contributed by atoms with Gasteiger partial charge in [0.05, 0.1) is 0 Å². The molecule has 3 aliphatic rings. The third-order valence-electron chi connectivity index (χ3n) is 6.31. The Morgan fingerprint density at radius 2 is 2.00 bits per heavy atom. The summed E-state index contributed by atoms with van der Waals surface area (Å²) in [6.07, 6.45) is 9.73. The van der Waals surface area contributed by atoms with E-state index in [9.17, 15) is 4.79 Å². The third-order valence-corrected chi connectivity index (χ3v) is 10.1. The van der Waals surface area contributed by atoms with Crippen LogP contribution in [-0.4, -0.2) is 49.2 Å². The van der Waals surface area contributed by atoms with Crippen LogP contribution in [0.15, 0.2) is 70.1 Å². The second-order valence-electron chi connectivity index (χ2n) is 8.37. The SMILES string of the molecule is Cn1ccc2cc(SC3=CC=C(C=CC(=O)N4C[C@@H]5C[C@H]4CN5)C(Cl)(Cl)C3(Cl)Cl)ccc21. The predicted octanol–water partition coefficient (Wildman–Crippen LogP) is 5.57. The highest BCUT2D eigenvalue weighted by molar-refractivity contribution is 8.03. The number of carbonyl (C=O) groups excluding carboxylic acids is 1. The van der Waals surface area contributed by atoms with Crippen molar-refractivity contribution in [2.45, 2.75) is 32.1 Å². The number of nitrogens with zero attached hydrogens (tertiary/aromatic N) is 2. The number of aryl methyl sites for hydroxylation is 1. The maximum Gasteiger partial charge on any atom is 0.246 e. The number of allylic oxidation sites excluding steroid dienone is 5. The molecule has 1 amide bonds. The first-order valence-electron chi connectivity index (χ1n) is 10.3. The molecular weight excluding hydrogens is 508 g/mol. The molecule has 1 aromatic heterocycles. The Morgan fingerprint density at radius 1 is 1.19 bits per heavy atom. The van der Waals surface area contributed by atoms with Crippen LogP contribution in [0.1, 0.15) is 6.42 Å². The minimum absolute atomic E-state index is 0.0564. The van der Waals surface area contributed by atoms with E-state index in [1.54, 1.807) is 12.2 Å². The fourth-order valence-corrected chi connectivity index (χ4v) is 6.64. The number of nitrogens with one attached hydrogen (secondary N) is 1. The summed E-state index contributed by atoms with van der Waals surface area (Å²) in [4.78, 5) is 16.2. The Bertz CT molecular complexity index is 1180. The Kier molecular flexibility index (Phi) is 5.89. The third kappa shape index (κ3) is 3.81. The lowest BCUT2D eigenvalue weighted by atomic mass is 10.0. The molecule has 1 aromatic carbocycles. The van der Waals surface area contributed by atoms with Crippen LogP contribution in [0.3, 0.4) is 0 Å². The Balaban J connectivity index is 1.38. The number of likely N-dealkylation sites (tertiary alicyclic amines) is 1. The fraction of sp³-hybridized carbons (Fsp3) is 0.348. The van der Waals surface area contributed by atoms with Gasteiger partial charge in [0.2, 0.25) is 5.91 Å². The number of rotatable bonds is 4. The van der Waals surface area contributed by atoms with Crippen molar-refractivity contribution >= 4 is 75.0 Å². The Morgan fingerprint density at radius 3 is 2.72 bits per heavy atom. The maximum atomic E-state index is 12.7. The molecule has 168 valence electrons. The second kappa shape index (κ2) is 8.30. The highest BCUT2D eigenvalue weighted by Crippen LogP contribution is 2.57. The molecule has 4 nitrogen and oxygen atoms in total. The zero-order valence-corrected chi connectivity index (χ0v) is 21.0. The molecule has 32 heavy (non-hydrogen) atoms. The number of benzene rings is 1. The van der Waals surface area contributed by atoms with Crippen LogP contribution in [0, 0.1) is 0 Å². The predicted molar refractivity (Wildman–Crippen MR) is 135 cm³/mol. The normalized spacial score (nSPS) is 26.1. The lowest BCUT2D eigenvalue weighted by molar-refractivity contribution is -0.127. The van der Waals surface area contributed by atoms with Gasteiger partial charge in [-0.15, -0.1) is 0 Å². The summed E-state index contributed by atoms with van der Waals surface area (Å²) in [6.45, 7) is 1.56. The number of thioether (sulfide) groups is 1. The molecule has 0 radical (unpaired) electrons. The number of fused-ring (bicyclic) bond motifs is 3. The first-order valence-corrected chi connectivity index (χ1v) is 12.6. The molecule has 2 fully saturated rings. The van der Waals surface area contributed by atoms with Gasteiger partial charge < -0.3 is 14.8 Å². The van der Waals surface area contributed by atoms with E-state index in [-0.39, 0.29) is 11.9 Å². The molecule has 2 saturated heterocycles. The summed E-state index contributed by atoms with van der Waals surface area (Å²) in [7, 11) is 2.01. The smallest absolute Gasteiger partial charge is 0.246 e. The molecule has 2 atom stereocenters. The number of carbonyl (C=O) groups is 1. The van der Waals surface area contributed by atoms with Crippen LogP contribution < -0.4 is 5.32 Å². The van der Waals surface area contributed by atoms with E-state index in [0.29, 0.717) is 16.5 Å². The van der Waals surface area contributed by atoms with Crippen molar-refractivity contribution in [2.24, 2.45) is 7.05 Å². The molecule has 2 bridgehead atoms. The van der Waals surface area contributed by atoms with Crippen molar-refractivity contribution in [1.29, 1.82) is 0 Å². The van der Waals surface area contributed by atoms with Gasteiger partial charge in [0, 0.05) is 65.2 Å². The van der Waals surface area contributed by atoms with Gasteiger partial charge in [0.25, 0.3) is 0 Å². The van der Waals surface area contributed by atoms with Gasteiger partial charge in [-0.2, -0.15) is 0 Å². The van der Waals surface area contributed by atoms with Crippen LogP contribution in [0.4, 0.5) is 0 Å². The molecule has 0 unspecified atom stereocenters. The van der Waals surface area contributed by atoms with Crippen LogP contribution in [0.25, 0.3) is 10.9 Å². The number of halogens is 4. The van der Waals surface area contributed by atoms with Gasteiger partial charge in [-0.25, -0.2) is 0 Å². The summed E-state index contributed by atoms with van der Waals surface area (Å²) >= 11 is 28.2. The number of aromatic nitrogens is 1. The topological polar surface area (TPSA) is 37.3 Å². The van der Waals surface area contributed by atoms with Crippen molar-refractivity contribution in [2.75, 3.05) is 13.1 Å². The zero-order valence-electron chi connectivity index (χ0n) is 17.2. The van der Waals surface area contributed by atoms with Crippen molar-refractivity contribution in [3.63, 3.8) is 0 Å². The number of hydrogen-bond acceptors (Lipinski definition) is 3. The van der Waals surface area contributed by atoms with Gasteiger partial charge in [0.15, 0.2) is 8.67 Å². The first-order chi connectivity index (χ1) is 15.2. The van der Waals surface area contributed by atoms with Crippen LogP contribution >= 0.6 is 58.2 Å². The number of alkyl halides is 4. The Labute approximate surface area is 211 Å². The van der Waals surface area contributed by atoms with E-state index in [1.807, 2.05) is 30.3 Å². The highest BCUT2D eigenvalue weighted by Gasteiger charge is 2.53. The minimum atomic E-state index is -1.62. The Hall–Kier alpha value is -1.08. The maximum absolute atomic E-state index is 12.7. The van der Waals surface area contributed by atoms with Gasteiger partial charge in [0.1, 0.15) is 0 Å². The molecule has 2 aromatic rings. The zero-order chi connectivity index (χ0) is 22.7. The van der Waals surface area contributed by atoms with Gasteiger partial charge in [-0.1, -0.05) is 70.3 Å². The minimum Gasteiger partial charge on any atom is -0.351 e. The van der Waals surface area contributed by atoms with Crippen LogP contribution in [0.2, 0.25) is 0 Å². The number of piperazine rings is 1. The second-order valence-corrected chi connectivity index (χ2v) is 12.1. The van der Waals surface area contributed by atoms with E-state index in [4.69, 9.17) is 46.4 Å². The van der Waals surface area contributed by atoms with Gasteiger partial charge in [-0.05, 0) is 42.3 Å². The summed E-state index contributed by atoms with van der Waals surface area (Å²) in [5, 5.41) is 4.51.